The smallest absolute Gasteiger partial charge is 0.222 e. The van der Waals surface area contributed by atoms with E-state index in [9.17, 15) is 4.79 Å². The summed E-state index contributed by atoms with van der Waals surface area (Å²) in [5.74, 6) is 0.127. The molecule has 1 aliphatic heterocycles. The Bertz CT molecular complexity index is 416. The largest absolute Gasteiger partial charge is 0.350 e. The molecule has 98 valence electrons. The van der Waals surface area contributed by atoms with Crippen LogP contribution in [0.15, 0.2) is 28.7 Å². The summed E-state index contributed by atoms with van der Waals surface area (Å²) in [6.45, 7) is 3.06. The van der Waals surface area contributed by atoms with Gasteiger partial charge in [-0.1, -0.05) is 28.1 Å². The van der Waals surface area contributed by atoms with Crippen molar-refractivity contribution >= 4 is 21.8 Å². The van der Waals surface area contributed by atoms with E-state index in [0.717, 1.165) is 23.0 Å². The van der Waals surface area contributed by atoms with E-state index >= 15 is 0 Å². The maximum atomic E-state index is 11.9. The number of halogens is 1. The number of amides is 1. The molecular weight excluding hydrogens is 292 g/mol. The zero-order chi connectivity index (χ0) is 13.0. The van der Waals surface area contributed by atoms with E-state index in [0.29, 0.717) is 12.5 Å². The molecule has 1 aromatic rings. The Morgan fingerprint density at radius 3 is 3.11 bits per heavy atom. The molecule has 3 nitrogen and oxygen atoms in total. The zero-order valence-electron chi connectivity index (χ0n) is 10.6. The van der Waals surface area contributed by atoms with Crippen LogP contribution in [0.5, 0.6) is 0 Å². The summed E-state index contributed by atoms with van der Waals surface area (Å²) in [7, 11) is 0. The summed E-state index contributed by atoms with van der Waals surface area (Å²) < 4.78 is 1.04. The number of hydrogen-bond donors (Lipinski definition) is 2. The highest BCUT2D eigenvalue weighted by Gasteiger charge is 2.18. The lowest BCUT2D eigenvalue weighted by Crippen LogP contribution is -2.33. The van der Waals surface area contributed by atoms with Crippen LogP contribution in [0.2, 0.25) is 0 Å². The van der Waals surface area contributed by atoms with Crippen LogP contribution in [0.3, 0.4) is 0 Å². The number of benzene rings is 1. The van der Waals surface area contributed by atoms with Crippen molar-refractivity contribution < 1.29 is 4.79 Å². The molecular formula is C14H19BrN2O. The molecule has 1 aliphatic rings. The molecule has 0 aromatic heterocycles. The summed E-state index contributed by atoms with van der Waals surface area (Å²) in [4.78, 5) is 11.9. The number of hydrogen-bond acceptors (Lipinski definition) is 2. The van der Waals surface area contributed by atoms with Crippen molar-refractivity contribution in [3.05, 3.63) is 34.3 Å². The van der Waals surface area contributed by atoms with Crippen molar-refractivity contribution in [1.82, 2.24) is 10.6 Å². The van der Waals surface area contributed by atoms with Gasteiger partial charge in [0.15, 0.2) is 0 Å². The van der Waals surface area contributed by atoms with Crippen LogP contribution in [0.1, 0.15) is 37.8 Å². The predicted octanol–water partition coefficient (Wildman–Crippen LogP) is 2.77. The molecule has 2 rings (SSSR count). The molecule has 1 amide bonds. The maximum absolute atomic E-state index is 11.9. The Kier molecular flexibility index (Phi) is 4.78. The number of nitrogens with one attached hydrogen (secondary N) is 2. The molecule has 0 saturated carbocycles. The van der Waals surface area contributed by atoms with Crippen LogP contribution in [0.25, 0.3) is 0 Å². The van der Waals surface area contributed by atoms with Gasteiger partial charge < -0.3 is 10.6 Å². The van der Waals surface area contributed by atoms with Crippen molar-refractivity contribution in [2.75, 3.05) is 6.54 Å². The van der Waals surface area contributed by atoms with Crippen molar-refractivity contribution in [2.24, 2.45) is 0 Å². The standard InChI is InChI=1S/C14H19BrN2O/c1-10(11-4-2-5-12(15)8-11)17-14(18)9-13-6-3-7-16-13/h2,4-5,8,10,13,16H,3,6-7,9H2,1H3,(H,17,18)/t10-,13?/m1/s1. The van der Waals surface area contributed by atoms with Gasteiger partial charge in [-0.3, -0.25) is 4.79 Å². The Hall–Kier alpha value is -0.870. The van der Waals surface area contributed by atoms with E-state index in [-0.39, 0.29) is 11.9 Å². The molecule has 0 bridgehead atoms. The predicted molar refractivity (Wildman–Crippen MR) is 76.3 cm³/mol. The van der Waals surface area contributed by atoms with Crippen LogP contribution in [0.4, 0.5) is 0 Å². The average molecular weight is 311 g/mol. The summed E-state index contributed by atoms with van der Waals surface area (Å²) >= 11 is 3.44. The van der Waals surface area contributed by atoms with Crippen LogP contribution in [-0.2, 0) is 4.79 Å². The normalized spacial score (nSPS) is 20.7. The molecule has 1 fully saturated rings. The van der Waals surface area contributed by atoms with Gasteiger partial charge in [-0.2, -0.15) is 0 Å². The number of carbonyl (C=O) groups excluding carboxylic acids is 1. The van der Waals surface area contributed by atoms with Gasteiger partial charge in [0.2, 0.25) is 5.91 Å². The van der Waals surface area contributed by atoms with Gasteiger partial charge in [0.25, 0.3) is 0 Å². The number of carbonyl (C=O) groups is 1. The first-order valence-electron chi connectivity index (χ1n) is 6.43. The quantitative estimate of drug-likeness (QED) is 0.898. The maximum Gasteiger partial charge on any atom is 0.222 e. The summed E-state index contributed by atoms with van der Waals surface area (Å²) in [6.07, 6.45) is 2.87. The highest BCUT2D eigenvalue weighted by Crippen LogP contribution is 2.18. The van der Waals surface area contributed by atoms with E-state index in [1.165, 1.54) is 6.42 Å². The summed E-state index contributed by atoms with van der Waals surface area (Å²) in [5.41, 5.74) is 1.12. The van der Waals surface area contributed by atoms with Gasteiger partial charge in [-0.15, -0.1) is 0 Å². The Morgan fingerprint density at radius 2 is 2.44 bits per heavy atom. The first-order valence-corrected chi connectivity index (χ1v) is 7.22. The van der Waals surface area contributed by atoms with Gasteiger partial charge >= 0.3 is 0 Å². The minimum atomic E-state index is 0.0522. The zero-order valence-corrected chi connectivity index (χ0v) is 12.2. The van der Waals surface area contributed by atoms with Crippen LogP contribution in [-0.4, -0.2) is 18.5 Å². The second-order valence-electron chi connectivity index (χ2n) is 4.84. The lowest BCUT2D eigenvalue weighted by atomic mass is 10.1. The molecule has 2 N–H and O–H groups in total. The van der Waals surface area contributed by atoms with Gasteiger partial charge in [-0.05, 0) is 44.0 Å². The topological polar surface area (TPSA) is 41.1 Å². The van der Waals surface area contributed by atoms with Gasteiger partial charge in [0.1, 0.15) is 0 Å². The van der Waals surface area contributed by atoms with Crippen molar-refractivity contribution in [2.45, 2.75) is 38.3 Å². The first-order chi connectivity index (χ1) is 8.65. The highest BCUT2D eigenvalue weighted by atomic mass is 79.9. The lowest BCUT2D eigenvalue weighted by Gasteiger charge is -2.16. The molecule has 0 spiro atoms. The Balaban J connectivity index is 1.86. The summed E-state index contributed by atoms with van der Waals surface area (Å²) in [6, 6.07) is 8.46. The summed E-state index contributed by atoms with van der Waals surface area (Å²) in [5, 5.41) is 6.39. The Morgan fingerprint density at radius 1 is 1.61 bits per heavy atom. The first kappa shape index (κ1) is 13.6. The molecule has 1 aromatic carbocycles. The SMILES string of the molecule is C[C@@H](NC(=O)CC1CCCN1)c1cccc(Br)c1. The third-order valence-electron chi connectivity index (χ3n) is 3.32. The van der Waals surface area contributed by atoms with Crippen LogP contribution >= 0.6 is 15.9 Å². The fraction of sp³-hybridized carbons (Fsp3) is 0.500. The second-order valence-corrected chi connectivity index (χ2v) is 5.76. The molecule has 0 aliphatic carbocycles. The van der Waals surface area contributed by atoms with E-state index in [4.69, 9.17) is 0 Å². The van der Waals surface area contributed by atoms with E-state index in [1.807, 2.05) is 31.2 Å². The van der Waals surface area contributed by atoms with Crippen LogP contribution in [0, 0.1) is 0 Å². The molecule has 18 heavy (non-hydrogen) atoms. The van der Waals surface area contributed by atoms with E-state index in [2.05, 4.69) is 26.6 Å². The molecule has 1 unspecified atom stereocenters. The fourth-order valence-corrected chi connectivity index (χ4v) is 2.73. The third-order valence-corrected chi connectivity index (χ3v) is 3.81. The molecule has 1 saturated heterocycles. The highest BCUT2D eigenvalue weighted by molar-refractivity contribution is 9.10. The van der Waals surface area contributed by atoms with E-state index < -0.39 is 0 Å². The second kappa shape index (κ2) is 6.34. The minimum Gasteiger partial charge on any atom is -0.350 e. The molecule has 2 atom stereocenters. The van der Waals surface area contributed by atoms with E-state index in [1.54, 1.807) is 0 Å². The molecule has 1 heterocycles. The van der Waals surface area contributed by atoms with Gasteiger partial charge in [-0.25, -0.2) is 0 Å². The number of rotatable bonds is 4. The lowest BCUT2D eigenvalue weighted by molar-refractivity contribution is -0.122. The fourth-order valence-electron chi connectivity index (χ4n) is 2.31. The van der Waals surface area contributed by atoms with Gasteiger partial charge in [0, 0.05) is 16.9 Å². The Labute approximate surface area is 116 Å². The van der Waals surface area contributed by atoms with Crippen molar-refractivity contribution in [1.29, 1.82) is 0 Å². The molecule has 4 heteroatoms. The van der Waals surface area contributed by atoms with Gasteiger partial charge in [0.05, 0.1) is 6.04 Å². The van der Waals surface area contributed by atoms with Crippen molar-refractivity contribution in [3.8, 4) is 0 Å². The molecule has 0 radical (unpaired) electrons. The minimum absolute atomic E-state index is 0.0522. The van der Waals surface area contributed by atoms with Crippen LogP contribution < -0.4 is 10.6 Å². The average Bonchev–Trinajstić information content (AvgIpc) is 2.81. The monoisotopic (exact) mass is 310 g/mol. The van der Waals surface area contributed by atoms with Crippen molar-refractivity contribution in [3.63, 3.8) is 0 Å². The third kappa shape index (κ3) is 3.82.